The highest BCUT2D eigenvalue weighted by atomic mass is 79.9. The molecule has 0 bridgehead atoms. The molecule has 0 saturated carbocycles. The van der Waals surface area contributed by atoms with E-state index >= 15 is 0 Å². The summed E-state index contributed by atoms with van der Waals surface area (Å²) in [5, 5.41) is 13.3. The van der Waals surface area contributed by atoms with E-state index in [4.69, 9.17) is 5.11 Å². The van der Waals surface area contributed by atoms with Crippen molar-refractivity contribution in [1.29, 1.82) is 0 Å². The fraction of sp³-hybridized carbons (Fsp3) is 0.286. The lowest BCUT2D eigenvalue weighted by Gasteiger charge is -2.12. The van der Waals surface area contributed by atoms with Gasteiger partial charge in [0, 0.05) is 22.8 Å². The lowest BCUT2D eigenvalue weighted by Crippen LogP contribution is -2.25. The molecule has 0 spiro atoms. The average molecular weight is 338 g/mol. The summed E-state index contributed by atoms with van der Waals surface area (Å²) in [6.07, 6.45) is 1.94. The molecule has 0 amide bonds. The molecule has 5 nitrogen and oxygen atoms in total. The zero-order valence-electron chi connectivity index (χ0n) is 11.4. The molecule has 1 heterocycles. The fourth-order valence-electron chi connectivity index (χ4n) is 1.99. The van der Waals surface area contributed by atoms with Gasteiger partial charge in [0.2, 0.25) is 0 Å². The van der Waals surface area contributed by atoms with Crippen LogP contribution in [0.3, 0.4) is 0 Å². The Bertz CT molecular complexity index is 625. The number of nitrogens with zero attached hydrogens (tertiary/aromatic N) is 3. The van der Waals surface area contributed by atoms with Crippen molar-refractivity contribution in [2.24, 2.45) is 0 Å². The highest BCUT2D eigenvalue weighted by molar-refractivity contribution is 9.10. The molecule has 2 rings (SSSR count). The summed E-state index contributed by atoms with van der Waals surface area (Å²) in [6.45, 7) is 2.50. The summed E-state index contributed by atoms with van der Waals surface area (Å²) in [5.74, 6) is -0.830. The summed E-state index contributed by atoms with van der Waals surface area (Å²) >= 11 is 3.50. The van der Waals surface area contributed by atoms with Crippen LogP contribution in [0.2, 0.25) is 0 Å². The van der Waals surface area contributed by atoms with Crippen LogP contribution < -0.4 is 0 Å². The van der Waals surface area contributed by atoms with Crippen molar-refractivity contribution in [3.05, 3.63) is 46.2 Å². The van der Waals surface area contributed by atoms with Gasteiger partial charge in [-0.3, -0.25) is 9.69 Å². The first kappa shape index (κ1) is 14.7. The van der Waals surface area contributed by atoms with Crippen LogP contribution in [-0.4, -0.2) is 39.3 Å². The number of benzene rings is 1. The number of aromatic nitrogens is 2. The molecule has 0 atom stereocenters. The Morgan fingerprint density at radius 2 is 2.15 bits per heavy atom. The number of aryl methyl sites for hydroxylation is 1. The summed E-state index contributed by atoms with van der Waals surface area (Å²) < 4.78 is 2.77. The lowest BCUT2D eigenvalue weighted by atomic mass is 10.2. The minimum atomic E-state index is -0.830. The molecule has 1 N–H and O–H groups in total. The van der Waals surface area contributed by atoms with E-state index in [1.807, 2.05) is 42.1 Å². The van der Waals surface area contributed by atoms with Gasteiger partial charge in [-0.1, -0.05) is 12.1 Å². The summed E-state index contributed by atoms with van der Waals surface area (Å²) in [7, 11) is 1.78. The van der Waals surface area contributed by atoms with Gasteiger partial charge in [-0.2, -0.15) is 5.10 Å². The number of hydrogen-bond acceptors (Lipinski definition) is 3. The van der Waals surface area contributed by atoms with E-state index in [-0.39, 0.29) is 6.54 Å². The van der Waals surface area contributed by atoms with Crippen LogP contribution in [-0.2, 0) is 11.3 Å². The number of para-hydroxylation sites is 1. The zero-order chi connectivity index (χ0) is 14.7. The third-order valence-corrected chi connectivity index (χ3v) is 3.62. The summed E-state index contributed by atoms with van der Waals surface area (Å²) in [5.41, 5.74) is 2.88. The van der Waals surface area contributed by atoms with Gasteiger partial charge in [0.05, 0.1) is 17.9 Å². The normalized spacial score (nSPS) is 11.0. The largest absolute Gasteiger partial charge is 0.480 e. The Hall–Kier alpha value is -1.66. The molecule has 6 heteroatoms. The van der Waals surface area contributed by atoms with Crippen LogP contribution in [0.5, 0.6) is 0 Å². The standard InChI is InChI=1S/C14H16BrN3O2/c1-10-11(7-17(2)9-14(19)20)8-18(16-10)13-6-4-3-5-12(13)15/h3-6,8H,7,9H2,1-2H3,(H,19,20). The molecule has 1 aromatic carbocycles. The van der Waals surface area contributed by atoms with Crippen LogP contribution in [0.25, 0.3) is 5.69 Å². The van der Waals surface area contributed by atoms with Crippen molar-refractivity contribution in [3.8, 4) is 5.69 Å². The van der Waals surface area contributed by atoms with Gasteiger partial charge >= 0.3 is 5.97 Å². The van der Waals surface area contributed by atoms with E-state index in [0.717, 1.165) is 21.4 Å². The van der Waals surface area contributed by atoms with Crippen molar-refractivity contribution >= 4 is 21.9 Å². The zero-order valence-corrected chi connectivity index (χ0v) is 13.0. The van der Waals surface area contributed by atoms with Crippen molar-refractivity contribution in [2.75, 3.05) is 13.6 Å². The molecule has 0 unspecified atom stereocenters. The van der Waals surface area contributed by atoms with Crippen LogP contribution in [0.15, 0.2) is 34.9 Å². The molecule has 106 valence electrons. The van der Waals surface area contributed by atoms with Crippen LogP contribution in [0.4, 0.5) is 0 Å². The van der Waals surface area contributed by atoms with E-state index in [0.29, 0.717) is 6.54 Å². The van der Waals surface area contributed by atoms with E-state index < -0.39 is 5.97 Å². The summed E-state index contributed by atoms with van der Waals surface area (Å²) in [6, 6.07) is 7.84. The molecular weight excluding hydrogens is 322 g/mol. The maximum absolute atomic E-state index is 10.7. The molecule has 0 aliphatic heterocycles. The van der Waals surface area contributed by atoms with Crippen LogP contribution in [0.1, 0.15) is 11.3 Å². The van der Waals surface area contributed by atoms with Crippen molar-refractivity contribution in [2.45, 2.75) is 13.5 Å². The van der Waals surface area contributed by atoms with E-state index in [2.05, 4.69) is 21.0 Å². The number of carboxylic acids is 1. The lowest BCUT2D eigenvalue weighted by molar-refractivity contribution is -0.138. The number of aliphatic carboxylic acids is 1. The summed E-state index contributed by atoms with van der Waals surface area (Å²) in [4.78, 5) is 12.4. The van der Waals surface area contributed by atoms with Gasteiger partial charge in [-0.05, 0) is 42.0 Å². The topological polar surface area (TPSA) is 58.4 Å². The third kappa shape index (κ3) is 3.46. The molecule has 2 aromatic rings. The van der Waals surface area contributed by atoms with Gasteiger partial charge in [0.1, 0.15) is 0 Å². The Balaban J connectivity index is 2.22. The highest BCUT2D eigenvalue weighted by Crippen LogP contribution is 2.21. The number of carboxylic acid groups (broad SMARTS) is 1. The number of carbonyl (C=O) groups is 1. The first-order valence-corrected chi connectivity index (χ1v) is 6.97. The van der Waals surface area contributed by atoms with Crippen LogP contribution >= 0.6 is 15.9 Å². The maximum atomic E-state index is 10.7. The average Bonchev–Trinajstić information content (AvgIpc) is 2.70. The molecule has 0 radical (unpaired) electrons. The van der Waals surface area contributed by atoms with Crippen molar-refractivity contribution in [3.63, 3.8) is 0 Å². The molecular formula is C14H16BrN3O2. The van der Waals surface area contributed by atoms with Gasteiger partial charge in [-0.15, -0.1) is 0 Å². The number of hydrogen-bond donors (Lipinski definition) is 1. The quantitative estimate of drug-likeness (QED) is 0.910. The first-order chi connectivity index (χ1) is 9.47. The SMILES string of the molecule is Cc1nn(-c2ccccc2Br)cc1CN(C)CC(=O)O. The van der Waals surface area contributed by atoms with Gasteiger partial charge in [0.15, 0.2) is 0 Å². The Labute approximate surface area is 126 Å². The molecule has 0 saturated heterocycles. The number of halogens is 1. The molecule has 0 fully saturated rings. The molecule has 1 aromatic heterocycles. The minimum absolute atomic E-state index is 0.0135. The predicted molar refractivity (Wildman–Crippen MR) is 80.0 cm³/mol. The minimum Gasteiger partial charge on any atom is -0.480 e. The van der Waals surface area contributed by atoms with E-state index in [9.17, 15) is 4.79 Å². The van der Waals surface area contributed by atoms with Gasteiger partial charge in [0.25, 0.3) is 0 Å². The third-order valence-electron chi connectivity index (χ3n) is 2.95. The van der Waals surface area contributed by atoms with Gasteiger partial charge in [-0.25, -0.2) is 4.68 Å². The van der Waals surface area contributed by atoms with Crippen molar-refractivity contribution < 1.29 is 9.90 Å². The highest BCUT2D eigenvalue weighted by Gasteiger charge is 2.11. The van der Waals surface area contributed by atoms with E-state index in [1.165, 1.54) is 0 Å². The molecule has 0 aliphatic carbocycles. The van der Waals surface area contributed by atoms with E-state index in [1.54, 1.807) is 11.9 Å². The number of rotatable bonds is 5. The Morgan fingerprint density at radius 1 is 1.45 bits per heavy atom. The predicted octanol–water partition coefficient (Wildman–Crippen LogP) is 2.46. The second kappa shape index (κ2) is 6.19. The number of likely N-dealkylation sites (N-methyl/N-ethyl adjacent to an activating group) is 1. The smallest absolute Gasteiger partial charge is 0.317 e. The maximum Gasteiger partial charge on any atom is 0.317 e. The second-order valence-electron chi connectivity index (χ2n) is 4.70. The second-order valence-corrected chi connectivity index (χ2v) is 5.56. The van der Waals surface area contributed by atoms with Crippen molar-refractivity contribution in [1.82, 2.24) is 14.7 Å². The van der Waals surface area contributed by atoms with Crippen LogP contribution in [0, 0.1) is 6.92 Å². The molecule has 0 aliphatic rings. The Morgan fingerprint density at radius 3 is 2.80 bits per heavy atom. The monoisotopic (exact) mass is 337 g/mol. The first-order valence-electron chi connectivity index (χ1n) is 6.17. The Kier molecular flexibility index (Phi) is 4.57. The molecule has 20 heavy (non-hydrogen) atoms. The van der Waals surface area contributed by atoms with Gasteiger partial charge < -0.3 is 5.11 Å². The fourth-order valence-corrected chi connectivity index (χ4v) is 2.46.